The summed E-state index contributed by atoms with van der Waals surface area (Å²) in [4.78, 5) is 16.5. The lowest BCUT2D eigenvalue weighted by Crippen LogP contribution is -2.37. The molecule has 0 atom stereocenters. The number of hydrogen-bond donors (Lipinski definition) is 3. The van der Waals surface area contributed by atoms with Crippen molar-refractivity contribution in [2.45, 2.75) is 58.4 Å². The van der Waals surface area contributed by atoms with E-state index in [1.165, 1.54) is 25.7 Å². The molecule has 0 aliphatic heterocycles. The molecular weight excluding hydrogens is 312 g/mol. The normalized spacial score (nSPS) is 15.2. The number of carbonyl (C=O) groups is 1. The second kappa shape index (κ2) is 10.7. The minimum atomic E-state index is 0.163. The smallest absolute Gasteiger partial charge is 0.227 e. The zero-order valence-electron chi connectivity index (χ0n) is 15.6. The van der Waals surface area contributed by atoms with Crippen molar-refractivity contribution in [1.29, 1.82) is 0 Å². The molecule has 3 N–H and O–H groups in total. The highest BCUT2D eigenvalue weighted by molar-refractivity contribution is 5.92. The number of nitrogens with one attached hydrogen (secondary N) is 3. The number of benzene rings is 1. The molecule has 0 saturated heterocycles. The summed E-state index contributed by atoms with van der Waals surface area (Å²) in [5.74, 6) is 1.17. The fourth-order valence-corrected chi connectivity index (χ4v) is 3.18. The quantitative estimate of drug-likeness (QED) is 0.383. The van der Waals surface area contributed by atoms with Gasteiger partial charge in [0.15, 0.2) is 5.96 Å². The lowest BCUT2D eigenvalue weighted by atomic mass is 10.1. The first-order valence-electron chi connectivity index (χ1n) is 9.57. The van der Waals surface area contributed by atoms with Gasteiger partial charge in [-0.05, 0) is 37.0 Å². The summed E-state index contributed by atoms with van der Waals surface area (Å²) in [6, 6.07) is 8.03. The number of aliphatic imine (C=N–C) groups is 1. The van der Waals surface area contributed by atoms with Crippen molar-refractivity contribution in [2.24, 2.45) is 10.9 Å². The molecule has 1 fully saturated rings. The van der Waals surface area contributed by atoms with Crippen LogP contribution in [0.25, 0.3) is 0 Å². The molecule has 0 heterocycles. The number of guanidine groups is 1. The van der Waals surface area contributed by atoms with E-state index in [9.17, 15) is 4.79 Å². The monoisotopic (exact) mass is 344 g/mol. The van der Waals surface area contributed by atoms with Crippen LogP contribution < -0.4 is 16.0 Å². The van der Waals surface area contributed by atoms with Crippen LogP contribution in [0.1, 0.15) is 57.4 Å². The summed E-state index contributed by atoms with van der Waals surface area (Å²) in [6.07, 6.45) is 7.98. The summed E-state index contributed by atoms with van der Waals surface area (Å²) in [5.41, 5.74) is 2.00. The average Bonchev–Trinajstić information content (AvgIpc) is 3.16. The van der Waals surface area contributed by atoms with Gasteiger partial charge in [0.1, 0.15) is 0 Å². The number of rotatable bonds is 8. The van der Waals surface area contributed by atoms with E-state index < -0.39 is 0 Å². The van der Waals surface area contributed by atoms with E-state index in [1.54, 1.807) is 7.05 Å². The first-order valence-corrected chi connectivity index (χ1v) is 9.57. The van der Waals surface area contributed by atoms with Gasteiger partial charge in [0.2, 0.25) is 5.91 Å². The first-order chi connectivity index (χ1) is 12.2. The highest BCUT2D eigenvalue weighted by Gasteiger charge is 2.22. The van der Waals surface area contributed by atoms with Crippen LogP contribution in [0.4, 0.5) is 5.69 Å². The van der Waals surface area contributed by atoms with Gasteiger partial charge < -0.3 is 16.0 Å². The molecular formula is C20H32N4O. The van der Waals surface area contributed by atoms with Crippen LogP contribution >= 0.6 is 0 Å². The topological polar surface area (TPSA) is 65.5 Å². The van der Waals surface area contributed by atoms with Crippen molar-refractivity contribution in [3.63, 3.8) is 0 Å². The predicted molar refractivity (Wildman–Crippen MR) is 105 cm³/mol. The molecule has 1 aliphatic rings. The van der Waals surface area contributed by atoms with Gasteiger partial charge in [-0.25, -0.2) is 0 Å². The Morgan fingerprint density at radius 1 is 1.20 bits per heavy atom. The summed E-state index contributed by atoms with van der Waals surface area (Å²) < 4.78 is 0. The molecule has 1 aromatic rings. The second-order valence-corrected chi connectivity index (χ2v) is 6.73. The molecule has 5 heteroatoms. The number of nitrogens with zero attached hydrogens (tertiary/aromatic N) is 1. The summed E-state index contributed by atoms with van der Waals surface area (Å²) in [6.45, 7) is 3.82. The molecule has 2 rings (SSSR count). The van der Waals surface area contributed by atoms with E-state index in [0.29, 0.717) is 6.54 Å². The Balaban J connectivity index is 1.80. The average molecular weight is 345 g/mol. The van der Waals surface area contributed by atoms with Gasteiger partial charge in [-0.3, -0.25) is 9.79 Å². The van der Waals surface area contributed by atoms with Crippen molar-refractivity contribution in [3.8, 4) is 0 Å². The van der Waals surface area contributed by atoms with E-state index >= 15 is 0 Å². The standard InChI is InChI=1S/C20H32N4O/c1-3-4-7-13-22-20(21-2)23-15-16-9-8-12-18(14-16)24-19(25)17-10-5-6-11-17/h8-9,12,14,17H,3-7,10-11,13,15H2,1-2H3,(H,24,25)(H2,21,22,23). The van der Waals surface area contributed by atoms with Crippen LogP contribution in [-0.4, -0.2) is 25.5 Å². The van der Waals surface area contributed by atoms with Crippen LogP contribution in [-0.2, 0) is 11.3 Å². The number of carbonyl (C=O) groups excluding carboxylic acids is 1. The largest absolute Gasteiger partial charge is 0.356 e. The van der Waals surface area contributed by atoms with Crippen LogP contribution in [0.5, 0.6) is 0 Å². The highest BCUT2D eigenvalue weighted by atomic mass is 16.1. The SMILES string of the molecule is CCCCCNC(=NC)NCc1cccc(NC(=O)C2CCCC2)c1. The van der Waals surface area contributed by atoms with Gasteiger partial charge in [-0.15, -0.1) is 0 Å². The fourth-order valence-electron chi connectivity index (χ4n) is 3.18. The maximum Gasteiger partial charge on any atom is 0.227 e. The van der Waals surface area contributed by atoms with Gasteiger partial charge in [-0.1, -0.05) is 44.7 Å². The third-order valence-corrected chi connectivity index (χ3v) is 4.68. The van der Waals surface area contributed by atoms with Crippen LogP contribution in [0.3, 0.4) is 0 Å². The van der Waals surface area contributed by atoms with E-state index in [0.717, 1.165) is 43.0 Å². The Hall–Kier alpha value is -2.04. The molecule has 0 unspecified atom stereocenters. The maximum absolute atomic E-state index is 12.3. The van der Waals surface area contributed by atoms with E-state index in [4.69, 9.17) is 0 Å². The van der Waals surface area contributed by atoms with Gasteiger partial charge in [0.25, 0.3) is 0 Å². The van der Waals surface area contributed by atoms with Crippen LogP contribution in [0, 0.1) is 5.92 Å². The van der Waals surface area contributed by atoms with Gasteiger partial charge >= 0.3 is 0 Å². The van der Waals surface area contributed by atoms with Crippen molar-refractivity contribution in [2.75, 3.05) is 18.9 Å². The van der Waals surface area contributed by atoms with Crippen LogP contribution in [0.2, 0.25) is 0 Å². The summed E-state index contributed by atoms with van der Waals surface area (Å²) in [5, 5.41) is 9.71. The Bertz CT molecular complexity index is 565. The Kier molecular flexibility index (Phi) is 8.29. The first kappa shape index (κ1) is 19.3. The highest BCUT2D eigenvalue weighted by Crippen LogP contribution is 2.26. The molecule has 25 heavy (non-hydrogen) atoms. The van der Waals surface area contributed by atoms with Gasteiger partial charge in [-0.2, -0.15) is 0 Å². The third-order valence-electron chi connectivity index (χ3n) is 4.68. The van der Waals surface area contributed by atoms with Crippen LogP contribution in [0.15, 0.2) is 29.3 Å². The van der Waals surface area contributed by atoms with Gasteiger partial charge in [0.05, 0.1) is 0 Å². The summed E-state index contributed by atoms with van der Waals surface area (Å²) >= 11 is 0. The number of hydrogen-bond acceptors (Lipinski definition) is 2. The van der Waals surface area contributed by atoms with E-state index in [1.807, 2.05) is 18.2 Å². The lowest BCUT2D eigenvalue weighted by Gasteiger charge is -2.13. The van der Waals surface area contributed by atoms with Crippen molar-refractivity contribution < 1.29 is 4.79 Å². The Labute approximate surface area is 151 Å². The minimum Gasteiger partial charge on any atom is -0.356 e. The molecule has 5 nitrogen and oxygen atoms in total. The second-order valence-electron chi connectivity index (χ2n) is 6.73. The lowest BCUT2D eigenvalue weighted by molar-refractivity contribution is -0.119. The van der Waals surface area contributed by atoms with E-state index in [2.05, 4.69) is 33.9 Å². The van der Waals surface area contributed by atoms with Gasteiger partial charge in [0, 0.05) is 31.7 Å². The Morgan fingerprint density at radius 3 is 2.72 bits per heavy atom. The third kappa shape index (κ3) is 6.77. The molecule has 1 amide bonds. The van der Waals surface area contributed by atoms with Crippen molar-refractivity contribution in [3.05, 3.63) is 29.8 Å². The minimum absolute atomic E-state index is 0.163. The molecule has 1 saturated carbocycles. The van der Waals surface area contributed by atoms with Crippen molar-refractivity contribution in [1.82, 2.24) is 10.6 Å². The fraction of sp³-hybridized carbons (Fsp3) is 0.600. The molecule has 138 valence electrons. The molecule has 0 spiro atoms. The molecule has 0 bridgehead atoms. The zero-order valence-corrected chi connectivity index (χ0v) is 15.6. The Morgan fingerprint density at radius 2 is 2.00 bits per heavy atom. The number of anilines is 1. The molecule has 0 aromatic heterocycles. The maximum atomic E-state index is 12.3. The summed E-state index contributed by atoms with van der Waals surface area (Å²) in [7, 11) is 1.79. The molecule has 0 radical (unpaired) electrons. The van der Waals surface area contributed by atoms with E-state index in [-0.39, 0.29) is 11.8 Å². The number of amides is 1. The number of unbranched alkanes of at least 4 members (excludes halogenated alkanes) is 2. The predicted octanol–water partition coefficient (Wildman–Crippen LogP) is 3.67. The zero-order chi connectivity index (χ0) is 17.9. The molecule has 1 aromatic carbocycles. The van der Waals surface area contributed by atoms with Crippen molar-refractivity contribution >= 4 is 17.6 Å². The molecule has 1 aliphatic carbocycles.